The fourth-order valence-corrected chi connectivity index (χ4v) is 4.19. The van der Waals surface area contributed by atoms with E-state index in [1.165, 1.54) is 35.2 Å². The van der Waals surface area contributed by atoms with Gasteiger partial charge in [0.15, 0.2) is 0 Å². The molecule has 5 nitrogen and oxygen atoms in total. The quantitative estimate of drug-likeness (QED) is 0.569. The number of halogens is 2. The van der Waals surface area contributed by atoms with Crippen molar-refractivity contribution in [2.75, 3.05) is 6.54 Å². The van der Waals surface area contributed by atoms with E-state index in [0.717, 1.165) is 11.1 Å². The second-order valence-corrected chi connectivity index (χ2v) is 8.54. The zero-order chi connectivity index (χ0) is 23.6. The van der Waals surface area contributed by atoms with Crippen molar-refractivity contribution < 1.29 is 28.2 Å². The highest BCUT2D eigenvalue weighted by molar-refractivity contribution is 5.96. The Hall–Kier alpha value is -3.74. The van der Waals surface area contributed by atoms with Crippen molar-refractivity contribution in [1.29, 1.82) is 0 Å². The first-order valence-corrected chi connectivity index (χ1v) is 10.5. The second kappa shape index (κ2) is 9.02. The summed E-state index contributed by atoms with van der Waals surface area (Å²) in [6, 6.07) is 17.0. The number of carboxylic acids is 1. The van der Waals surface area contributed by atoms with E-state index in [0.29, 0.717) is 29.7 Å². The van der Waals surface area contributed by atoms with Gasteiger partial charge in [0.1, 0.15) is 29.5 Å². The maximum Gasteiger partial charge on any atom is 0.323 e. The molecule has 1 unspecified atom stereocenters. The zero-order valence-corrected chi connectivity index (χ0v) is 18.1. The molecular formula is C26H23F2NO4. The number of rotatable bonds is 7. The Bertz CT molecular complexity index is 1200. The van der Waals surface area contributed by atoms with Crippen LogP contribution in [0.3, 0.4) is 0 Å². The van der Waals surface area contributed by atoms with Gasteiger partial charge in [-0.15, -0.1) is 0 Å². The first-order chi connectivity index (χ1) is 15.7. The summed E-state index contributed by atoms with van der Waals surface area (Å²) in [5.41, 5.74) is 2.06. The molecule has 0 saturated carbocycles. The number of aliphatic carboxylic acids is 1. The summed E-state index contributed by atoms with van der Waals surface area (Å²) in [4.78, 5) is 25.7. The van der Waals surface area contributed by atoms with Gasteiger partial charge in [-0.25, -0.2) is 8.78 Å². The topological polar surface area (TPSA) is 66.8 Å². The van der Waals surface area contributed by atoms with Crippen LogP contribution in [0.1, 0.15) is 34.0 Å². The van der Waals surface area contributed by atoms with Gasteiger partial charge in [-0.05, 0) is 66.1 Å². The highest BCUT2D eigenvalue weighted by atomic mass is 19.1. The maximum absolute atomic E-state index is 13.6. The van der Waals surface area contributed by atoms with Gasteiger partial charge in [0, 0.05) is 24.9 Å². The van der Waals surface area contributed by atoms with Crippen LogP contribution in [0, 0.1) is 11.6 Å². The average Bonchev–Trinajstić information content (AvgIpc) is 3.09. The molecule has 0 radical (unpaired) electrons. The number of carboxylic acid groups (broad SMARTS) is 1. The lowest BCUT2D eigenvalue weighted by molar-refractivity contribution is -0.137. The third-order valence-corrected chi connectivity index (χ3v) is 5.60. The lowest BCUT2D eigenvalue weighted by Gasteiger charge is -2.24. The van der Waals surface area contributed by atoms with E-state index >= 15 is 0 Å². The fourth-order valence-electron chi connectivity index (χ4n) is 4.19. The van der Waals surface area contributed by atoms with Crippen LogP contribution in [0.2, 0.25) is 0 Å². The predicted octanol–water partition coefficient (Wildman–Crippen LogP) is 4.63. The Balaban J connectivity index is 1.53. The lowest BCUT2D eigenvalue weighted by atomic mass is 9.91. The molecule has 0 aromatic heterocycles. The van der Waals surface area contributed by atoms with Crippen LogP contribution in [0.25, 0.3) is 0 Å². The summed E-state index contributed by atoms with van der Waals surface area (Å²) in [6.07, 6.45) is 1.11. The summed E-state index contributed by atoms with van der Waals surface area (Å²) in [5.74, 6) is -1.71. The average molecular weight is 451 g/mol. The normalized spacial score (nSPS) is 16.7. The first kappa shape index (κ1) is 22.5. The van der Waals surface area contributed by atoms with Crippen molar-refractivity contribution in [2.45, 2.75) is 31.9 Å². The Morgan fingerprint density at radius 2 is 1.76 bits per heavy atom. The van der Waals surface area contributed by atoms with Crippen molar-refractivity contribution >= 4 is 11.9 Å². The van der Waals surface area contributed by atoms with Crippen molar-refractivity contribution in [3.05, 3.63) is 101 Å². The Labute approximate surface area is 190 Å². The second-order valence-electron chi connectivity index (χ2n) is 8.54. The van der Waals surface area contributed by atoms with Crippen LogP contribution in [-0.2, 0) is 24.2 Å². The summed E-state index contributed by atoms with van der Waals surface area (Å²) in [5, 5.41) is 9.28. The number of carbonyl (C=O) groups is 2. The minimum absolute atomic E-state index is 0.0290. The lowest BCUT2D eigenvalue weighted by Crippen LogP contribution is -2.35. The first-order valence-electron chi connectivity index (χ1n) is 10.5. The van der Waals surface area contributed by atoms with E-state index in [-0.39, 0.29) is 12.4 Å². The summed E-state index contributed by atoms with van der Waals surface area (Å²) >= 11 is 0. The number of hydrogen-bond donors (Lipinski definition) is 1. The molecule has 3 aromatic carbocycles. The predicted molar refractivity (Wildman–Crippen MR) is 118 cm³/mol. The molecule has 1 aliphatic rings. The van der Waals surface area contributed by atoms with Crippen LogP contribution >= 0.6 is 0 Å². The summed E-state index contributed by atoms with van der Waals surface area (Å²) in [7, 11) is 0. The minimum atomic E-state index is -1.16. The van der Waals surface area contributed by atoms with Crippen molar-refractivity contribution in [1.82, 2.24) is 4.90 Å². The monoisotopic (exact) mass is 451 g/mol. The third kappa shape index (κ3) is 5.37. The van der Waals surface area contributed by atoms with Crippen LogP contribution < -0.4 is 4.74 Å². The number of carbonyl (C=O) groups excluding carboxylic acids is 1. The molecule has 4 rings (SSSR count). The number of amides is 1. The largest absolute Gasteiger partial charge is 0.487 e. The highest BCUT2D eigenvalue weighted by Crippen LogP contribution is 2.37. The number of hydrogen-bond acceptors (Lipinski definition) is 3. The molecule has 1 aliphatic heterocycles. The number of benzene rings is 3. The SMILES string of the molecule is CC1(Cc2ccc(F)cc2)Cc2cc(C(=O)N(CC(=O)O)Cc3cccc(F)c3)ccc2O1. The van der Waals surface area contributed by atoms with E-state index in [1.807, 2.05) is 6.92 Å². The van der Waals surface area contributed by atoms with Crippen molar-refractivity contribution in [2.24, 2.45) is 0 Å². The Morgan fingerprint density at radius 3 is 2.45 bits per heavy atom. The van der Waals surface area contributed by atoms with E-state index in [1.54, 1.807) is 36.4 Å². The van der Waals surface area contributed by atoms with Crippen LogP contribution in [0.5, 0.6) is 5.75 Å². The van der Waals surface area contributed by atoms with Gasteiger partial charge in [-0.3, -0.25) is 9.59 Å². The zero-order valence-electron chi connectivity index (χ0n) is 18.1. The molecule has 1 heterocycles. The summed E-state index contributed by atoms with van der Waals surface area (Å²) in [6.45, 7) is 1.42. The van der Waals surface area contributed by atoms with Crippen molar-refractivity contribution in [3.8, 4) is 5.75 Å². The molecule has 1 N–H and O–H groups in total. The van der Waals surface area contributed by atoms with Gasteiger partial charge in [0.25, 0.3) is 5.91 Å². The van der Waals surface area contributed by atoms with E-state index in [2.05, 4.69) is 0 Å². The molecule has 0 saturated heterocycles. The van der Waals surface area contributed by atoms with Crippen molar-refractivity contribution in [3.63, 3.8) is 0 Å². The molecule has 0 spiro atoms. The molecule has 0 aliphatic carbocycles. The van der Waals surface area contributed by atoms with Crippen LogP contribution in [0.4, 0.5) is 8.78 Å². The van der Waals surface area contributed by atoms with Gasteiger partial charge in [-0.2, -0.15) is 0 Å². The molecule has 1 atom stereocenters. The maximum atomic E-state index is 13.6. The molecule has 1 amide bonds. The Morgan fingerprint density at radius 1 is 1.00 bits per heavy atom. The molecule has 0 fully saturated rings. The number of fused-ring (bicyclic) bond motifs is 1. The van der Waals surface area contributed by atoms with E-state index in [4.69, 9.17) is 4.74 Å². The van der Waals surface area contributed by atoms with E-state index < -0.39 is 29.8 Å². The van der Waals surface area contributed by atoms with Gasteiger partial charge in [0.05, 0.1) is 0 Å². The van der Waals surface area contributed by atoms with Crippen LogP contribution in [0.15, 0.2) is 66.7 Å². The van der Waals surface area contributed by atoms with Crippen LogP contribution in [-0.4, -0.2) is 34.0 Å². The molecule has 33 heavy (non-hydrogen) atoms. The molecule has 3 aromatic rings. The molecule has 0 bridgehead atoms. The Kier molecular flexibility index (Phi) is 6.14. The van der Waals surface area contributed by atoms with Gasteiger partial charge < -0.3 is 14.7 Å². The molecule has 7 heteroatoms. The van der Waals surface area contributed by atoms with E-state index in [9.17, 15) is 23.5 Å². The molecular weight excluding hydrogens is 428 g/mol. The van der Waals surface area contributed by atoms with Gasteiger partial charge in [-0.1, -0.05) is 24.3 Å². The number of ether oxygens (including phenoxy) is 1. The standard InChI is InChI=1S/C26H23F2NO4/c1-26(13-17-5-8-21(27)9-6-17)14-20-12-19(7-10-23(20)33-26)25(32)29(16-24(30)31)15-18-3-2-4-22(28)11-18/h2-12H,13-16H2,1H3,(H,30,31). The summed E-state index contributed by atoms with van der Waals surface area (Å²) < 4.78 is 32.9. The fraction of sp³-hybridized carbons (Fsp3) is 0.231. The molecule has 170 valence electrons. The number of nitrogens with zero attached hydrogens (tertiary/aromatic N) is 1. The minimum Gasteiger partial charge on any atom is -0.487 e. The highest BCUT2D eigenvalue weighted by Gasteiger charge is 2.35. The van der Waals surface area contributed by atoms with Gasteiger partial charge in [0.2, 0.25) is 0 Å². The third-order valence-electron chi connectivity index (χ3n) is 5.60. The smallest absolute Gasteiger partial charge is 0.323 e. The van der Waals surface area contributed by atoms with Gasteiger partial charge >= 0.3 is 5.97 Å².